The highest BCUT2D eigenvalue weighted by molar-refractivity contribution is 5.92. The number of ether oxygens (including phenoxy) is 2. The SMILES string of the molecule is COc1ccc(OC)c(Nc2ccc(C(=O)NCc3ccc(F)cc3)nn2)c1. The van der Waals surface area contributed by atoms with E-state index in [1.807, 2.05) is 0 Å². The number of rotatable bonds is 7. The van der Waals surface area contributed by atoms with Crippen LogP contribution in [0.5, 0.6) is 11.5 Å². The summed E-state index contributed by atoms with van der Waals surface area (Å²) in [6.07, 6.45) is 0. The van der Waals surface area contributed by atoms with Crippen LogP contribution in [0.25, 0.3) is 0 Å². The molecule has 0 aliphatic heterocycles. The van der Waals surface area contributed by atoms with Gasteiger partial charge in [-0.05, 0) is 42.0 Å². The lowest BCUT2D eigenvalue weighted by Crippen LogP contribution is -2.24. The number of aromatic nitrogens is 2. The van der Waals surface area contributed by atoms with Crippen molar-refractivity contribution in [2.45, 2.75) is 6.54 Å². The monoisotopic (exact) mass is 382 g/mol. The van der Waals surface area contributed by atoms with Crippen LogP contribution in [-0.2, 0) is 6.54 Å². The molecule has 0 fully saturated rings. The second kappa shape index (κ2) is 8.81. The van der Waals surface area contributed by atoms with Crippen LogP contribution in [0.15, 0.2) is 54.6 Å². The minimum Gasteiger partial charge on any atom is -0.497 e. The van der Waals surface area contributed by atoms with Crippen LogP contribution in [0.4, 0.5) is 15.9 Å². The lowest BCUT2D eigenvalue weighted by molar-refractivity contribution is 0.0945. The Morgan fingerprint density at radius 1 is 1.00 bits per heavy atom. The molecule has 0 aliphatic carbocycles. The zero-order valence-corrected chi connectivity index (χ0v) is 15.4. The van der Waals surface area contributed by atoms with Gasteiger partial charge in [-0.25, -0.2) is 4.39 Å². The molecule has 0 unspecified atom stereocenters. The van der Waals surface area contributed by atoms with E-state index in [1.54, 1.807) is 56.7 Å². The van der Waals surface area contributed by atoms with E-state index in [2.05, 4.69) is 20.8 Å². The smallest absolute Gasteiger partial charge is 0.272 e. The maximum Gasteiger partial charge on any atom is 0.272 e. The third-order valence-corrected chi connectivity index (χ3v) is 3.93. The van der Waals surface area contributed by atoms with Gasteiger partial charge in [-0.1, -0.05) is 12.1 Å². The van der Waals surface area contributed by atoms with Gasteiger partial charge in [-0.3, -0.25) is 4.79 Å². The predicted molar refractivity (Wildman–Crippen MR) is 102 cm³/mol. The predicted octanol–water partition coefficient (Wildman–Crippen LogP) is 3.31. The number of hydrogen-bond acceptors (Lipinski definition) is 6. The first kappa shape index (κ1) is 19.1. The highest BCUT2D eigenvalue weighted by Gasteiger charge is 2.10. The van der Waals surface area contributed by atoms with Gasteiger partial charge in [0.1, 0.15) is 17.3 Å². The summed E-state index contributed by atoms with van der Waals surface area (Å²) in [4.78, 5) is 12.2. The molecule has 0 spiro atoms. The molecule has 1 aromatic heterocycles. The zero-order chi connectivity index (χ0) is 19.9. The fourth-order valence-corrected chi connectivity index (χ4v) is 2.44. The molecular formula is C20H19FN4O3. The van der Waals surface area contributed by atoms with E-state index in [4.69, 9.17) is 9.47 Å². The summed E-state index contributed by atoms with van der Waals surface area (Å²) in [5.74, 6) is 1.03. The van der Waals surface area contributed by atoms with Crippen LogP contribution >= 0.6 is 0 Å². The average molecular weight is 382 g/mol. The van der Waals surface area contributed by atoms with E-state index in [0.29, 0.717) is 23.0 Å². The van der Waals surface area contributed by atoms with Gasteiger partial charge in [0, 0.05) is 12.6 Å². The highest BCUT2D eigenvalue weighted by Crippen LogP contribution is 2.30. The molecule has 3 rings (SSSR count). The summed E-state index contributed by atoms with van der Waals surface area (Å²) in [5, 5.41) is 13.8. The van der Waals surface area contributed by atoms with E-state index >= 15 is 0 Å². The summed E-state index contributed by atoms with van der Waals surface area (Å²) in [6.45, 7) is 0.266. The van der Waals surface area contributed by atoms with Crippen LogP contribution in [-0.4, -0.2) is 30.3 Å². The van der Waals surface area contributed by atoms with Gasteiger partial charge in [0.2, 0.25) is 0 Å². The molecule has 2 aromatic carbocycles. The van der Waals surface area contributed by atoms with Crippen LogP contribution < -0.4 is 20.1 Å². The van der Waals surface area contributed by atoms with E-state index < -0.39 is 0 Å². The molecule has 1 amide bonds. The number of nitrogens with zero attached hydrogens (tertiary/aromatic N) is 2. The summed E-state index contributed by atoms with van der Waals surface area (Å²) < 4.78 is 23.4. The van der Waals surface area contributed by atoms with Crippen molar-refractivity contribution >= 4 is 17.4 Å². The van der Waals surface area contributed by atoms with Crippen molar-refractivity contribution in [3.05, 3.63) is 71.7 Å². The fourth-order valence-electron chi connectivity index (χ4n) is 2.44. The normalized spacial score (nSPS) is 10.2. The zero-order valence-electron chi connectivity index (χ0n) is 15.4. The second-order valence-corrected chi connectivity index (χ2v) is 5.80. The molecule has 0 saturated heterocycles. The molecule has 0 aliphatic rings. The molecule has 1 heterocycles. The van der Waals surface area contributed by atoms with E-state index in [0.717, 1.165) is 5.56 Å². The van der Waals surface area contributed by atoms with Gasteiger partial charge < -0.3 is 20.1 Å². The van der Waals surface area contributed by atoms with Gasteiger partial charge >= 0.3 is 0 Å². The summed E-state index contributed by atoms with van der Waals surface area (Å²) in [7, 11) is 3.14. The van der Waals surface area contributed by atoms with Crippen molar-refractivity contribution in [1.29, 1.82) is 0 Å². The lowest BCUT2D eigenvalue weighted by atomic mass is 10.2. The molecule has 0 saturated carbocycles. The highest BCUT2D eigenvalue weighted by atomic mass is 19.1. The van der Waals surface area contributed by atoms with Gasteiger partial charge in [0.05, 0.1) is 19.9 Å². The quantitative estimate of drug-likeness (QED) is 0.652. The van der Waals surface area contributed by atoms with Gasteiger partial charge in [-0.2, -0.15) is 0 Å². The third-order valence-electron chi connectivity index (χ3n) is 3.93. The van der Waals surface area contributed by atoms with Crippen molar-refractivity contribution in [2.75, 3.05) is 19.5 Å². The van der Waals surface area contributed by atoms with Gasteiger partial charge in [-0.15, -0.1) is 10.2 Å². The Morgan fingerprint density at radius 3 is 2.43 bits per heavy atom. The largest absolute Gasteiger partial charge is 0.497 e. The van der Waals surface area contributed by atoms with Crippen LogP contribution in [0, 0.1) is 5.82 Å². The van der Waals surface area contributed by atoms with Crippen LogP contribution in [0.3, 0.4) is 0 Å². The Kier molecular flexibility index (Phi) is 6.01. The number of carbonyl (C=O) groups excluding carboxylic acids is 1. The molecule has 144 valence electrons. The first-order valence-corrected chi connectivity index (χ1v) is 8.44. The molecule has 2 N–H and O–H groups in total. The molecule has 3 aromatic rings. The van der Waals surface area contributed by atoms with E-state index in [-0.39, 0.29) is 24.0 Å². The Bertz CT molecular complexity index is 947. The molecular weight excluding hydrogens is 363 g/mol. The number of methoxy groups -OCH3 is 2. The average Bonchev–Trinajstić information content (AvgIpc) is 2.73. The third kappa shape index (κ3) is 4.73. The number of amides is 1. The number of halogens is 1. The maximum atomic E-state index is 12.9. The number of benzene rings is 2. The Hall–Kier alpha value is -3.68. The van der Waals surface area contributed by atoms with Crippen molar-refractivity contribution in [3.63, 3.8) is 0 Å². The topological polar surface area (TPSA) is 85.4 Å². The Balaban J connectivity index is 1.64. The summed E-state index contributed by atoms with van der Waals surface area (Å²) in [6, 6.07) is 14.4. The number of carbonyl (C=O) groups is 1. The summed E-state index contributed by atoms with van der Waals surface area (Å²) in [5.41, 5.74) is 1.61. The number of nitrogens with one attached hydrogen (secondary N) is 2. The van der Waals surface area contributed by atoms with Crippen molar-refractivity contribution in [3.8, 4) is 11.5 Å². The molecule has 7 nitrogen and oxygen atoms in total. The van der Waals surface area contributed by atoms with Gasteiger partial charge in [0.25, 0.3) is 5.91 Å². The molecule has 8 heteroatoms. The first-order chi connectivity index (χ1) is 13.6. The standard InChI is InChI=1S/C20H19FN4O3/c1-27-15-7-9-18(28-2)17(11-15)23-19-10-8-16(24-25-19)20(26)22-12-13-3-5-14(21)6-4-13/h3-11H,12H2,1-2H3,(H,22,26)(H,23,25). The summed E-state index contributed by atoms with van der Waals surface area (Å²) >= 11 is 0. The minimum atomic E-state index is -0.373. The molecule has 28 heavy (non-hydrogen) atoms. The maximum absolute atomic E-state index is 12.9. The molecule has 0 radical (unpaired) electrons. The number of anilines is 2. The minimum absolute atomic E-state index is 0.172. The molecule has 0 bridgehead atoms. The van der Waals surface area contributed by atoms with Crippen molar-refractivity contribution < 1.29 is 18.7 Å². The van der Waals surface area contributed by atoms with E-state index in [1.165, 1.54) is 12.1 Å². The van der Waals surface area contributed by atoms with Crippen LogP contribution in [0.1, 0.15) is 16.1 Å². The first-order valence-electron chi connectivity index (χ1n) is 8.44. The second-order valence-electron chi connectivity index (χ2n) is 5.80. The van der Waals surface area contributed by atoms with Crippen molar-refractivity contribution in [2.24, 2.45) is 0 Å². The fraction of sp³-hybridized carbons (Fsp3) is 0.150. The number of hydrogen-bond donors (Lipinski definition) is 2. The van der Waals surface area contributed by atoms with E-state index in [9.17, 15) is 9.18 Å². The van der Waals surface area contributed by atoms with Crippen LogP contribution in [0.2, 0.25) is 0 Å². The Labute approximate surface area is 161 Å². The molecule has 0 atom stereocenters. The Morgan fingerprint density at radius 2 is 1.79 bits per heavy atom. The van der Waals surface area contributed by atoms with Gasteiger partial charge in [0.15, 0.2) is 11.5 Å². The van der Waals surface area contributed by atoms with Crippen molar-refractivity contribution in [1.82, 2.24) is 15.5 Å². The lowest BCUT2D eigenvalue weighted by Gasteiger charge is -2.12.